The van der Waals surface area contributed by atoms with E-state index < -0.39 is 0 Å². The maximum atomic E-state index is 8.93. The Morgan fingerprint density at radius 1 is 0.710 bits per heavy atom. The predicted octanol–water partition coefficient (Wildman–Crippen LogP) is 8.22. The Balaban J connectivity index is 1.22. The minimum absolute atomic E-state index is 0.743. The van der Waals surface area contributed by atoms with E-state index in [2.05, 4.69) is 49.4 Å². The first-order chi connectivity index (χ1) is 15.2. The monoisotopic (exact) mass is 413 g/mol. The Bertz CT molecular complexity index is 825. The Hall–Kier alpha value is -2.07. The number of hydrogen-bond donors (Lipinski definition) is 0. The van der Waals surface area contributed by atoms with Crippen molar-refractivity contribution in [3.63, 3.8) is 0 Å². The van der Waals surface area contributed by atoms with Crippen LogP contribution in [0.15, 0.2) is 48.5 Å². The van der Waals surface area contributed by atoms with Crippen LogP contribution in [-0.4, -0.2) is 0 Å². The van der Waals surface area contributed by atoms with Crippen molar-refractivity contribution < 1.29 is 0 Å². The molecule has 0 aliphatic heterocycles. The minimum atomic E-state index is 0.743. The van der Waals surface area contributed by atoms with Crippen molar-refractivity contribution in [1.29, 1.82) is 5.26 Å². The summed E-state index contributed by atoms with van der Waals surface area (Å²) in [6.07, 6.45) is 16.7. The summed E-state index contributed by atoms with van der Waals surface area (Å²) in [5.74, 6) is 3.84. The topological polar surface area (TPSA) is 23.8 Å². The van der Waals surface area contributed by atoms with Gasteiger partial charge in [-0.1, -0.05) is 69.0 Å². The summed E-state index contributed by atoms with van der Waals surface area (Å²) in [7, 11) is 0. The largest absolute Gasteiger partial charge is 0.192 e. The van der Waals surface area contributed by atoms with Gasteiger partial charge in [-0.15, -0.1) is 0 Å². The van der Waals surface area contributed by atoms with Gasteiger partial charge in [0.1, 0.15) is 0 Å². The van der Waals surface area contributed by atoms with Gasteiger partial charge in [0, 0.05) is 0 Å². The Labute approximate surface area is 189 Å². The molecule has 164 valence electrons. The highest BCUT2D eigenvalue weighted by Crippen LogP contribution is 2.44. The maximum Gasteiger partial charge on any atom is 0.0991 e. The van der Waals surface area contributed by atoms with Crippen molar-refractivity contribution in [2.24, 2.45) is 17.8 Å². The maximum absolute atomic E-state index is 8.93. The van der Waals surface area contributed by atoms with Crippen molar-refractivity contribution in [2.75, 3.05) is 0 Å². The van der Waals surface area contributed by atoms with Crippen molar-refractivity contribution in [3.05, 3.63) is 70.8 Å². The van der Waals surface area contributed by atoms with E-state index in [-0.39, 0.29) is 0 Å². The average Bonchev–Trinajstić information content (AvgIpc) is 2.84. The molecule has 0 amide bonds. The van der Waals surface area contributed by atoms with Gasteiger partial charge in [-0.25, -0.2) is 0 Å². The third-order valence-electron chi connectivity index (χ3n) is 8.26. The molecule has 2 aromatic rings. The van der Waals surface area contributed by atoms with Crippen molar-refractivity contribution in [3.8, 4) is 6.07 Å². The summed E-state index contributed by atoms with van der Waals surface area (Å²) in [5, 5.41) is 8.93. The van der Waals surface area contributed by atoms with Crippen molar-refractivity contribution in [1.82, 2.24) is 0 Å². The highest BCUT2D eigenvalue weighted by Gasteiger charge is 2.31. The molecule has 0 heterocycles. The lowest BCUT2D eigenvalue weighted by molar-refractivity contribution is 0.156. The molecular weight excluding hydrogens is 374 g/mol. The van der Waals surface area contributed by atoms with Gasteiger partial charge in [-0.05, 0) is 104 Å². The molecule has 1 heteroatoms. The SMILES string of the molecule is CCCC1CCC(C2CCC(c3ccc(CCc4ccc(C#N)cc4)cc3)CC2)CC1. The zero-order valence-corrected chi connectivity index (χ0v) is 19.4. The Morgan fingerprint density at radius 3 is 1.74 bits per heavy atom. The fourth-order valence-electron chi connectivity index (χ4n) is 6.27. The normalized spacial score (nSPS) is 26.3. The predicted molar refractivity (Wildman–Crippen MR) is 130 cm³/mol. The van der Waals surface area contributed by atoms with E-state index in [9.17, 15) is 0 Å². The lowest BCUT2D eigenvalue weighted by Crippen LogP contribution is -2.25. The molecule has 31 heavy (non-hydrogen) atoms. The van der Waals surface area contributed by atoms with Gasteiger partial charge >= 0.3 is 0 Å². The number of benzene rings is 2. The van der Waals surface area contributed by atoms with E-state index in [4.69, 9.17) is 5.26 Å². The van der Waals surface area contributed by atoms with E-state index in [1.165, 1.54) is 75.3 Å². The first kappa shape index (κ1) is 22.1. The van der Waals surface area contributed by atoms with Gasteiger partial charge in [0.15, 0.2) is 0 Å². The lowest BCUT2D eigenvalue weighted by Gasteiger charge is -2.38. The van der Waals surface area contributed by atoms with Gasteiger partial charge in [-0.3, -0.25) is 0 Å². The molecule has 2 saturated carbocycles. The summed E-state index contributed by atoms with van der Waals surface area (Å²) in [6, 6.07) is 19.7. The highest BCUT2D eigenvalue weighted by atomic mass is 14.4. The van der Waals surface area contributed by atoms with E-state index in [0.29, 0.717) is 0 Å². The third kappa shape index (κ3) is 6.00. The van der Waals surface area contributed by atoms with Crippen LogP contribution in [0, 0.1) is 29.1 Å². The number of rotatable bonds is 7. The molecule has 4 rings (SSSR count). The number of nitriles is 1. The molecule has 0 spiro atoms. The zero-order chi connectivity index (χ0) is 21.5. The van der Waals surface area contributed by atoms with Crippen LogP contribution in [-0.2, 0) is 12.8 Å². The van der Waals surface area contributed by atoms with Crippen LogP contribution in [0.25, 0.3) is 0 Å². The molecule has 2 aromatic carbocycles. The molecule has 0 N–H and O–H groups in total. The van der Waals surface area contributed by atoms with Crippen LogP contribution in [0.4, 0.5) is 0 Å². The molecule has 0 aromatic heterocycles. The summed E-state index contributed by atoms with van der Waals surface area (Å²) >= 11 is 0. The lowest BCUT2D eigenvalue weighted by atomic mass is 9.68. The van der Waals surface area contributed by atoms with Crippen LogP contribution >= 0.6 is 0 Å². The second kappa shape index (κ2) is 11.0. The number of aryl methyl sites for hydroxylation is 2. The van der Waals surface area contributed by atoms with Crippen LogP contribution in [0.5, 0.6) is 0 Å². The number of hydrogen-bond acceptors (Lipinski definition) is 1. The molecule has 0 atom stereocenters. The molecule has 0 saturated heterocycles. The molecule has 2 aliphatic rings. The van der Waals surface area contributed by atoms with Gasteiger partial charge in [0.2, 0.25) is 0 Å². The summed E-state index contributed by atoms with van der Waals surface area (Å²) in [6.45, 7) is 2.34. The van der Waals surface area contributed by atoms with Gasteiger partial charge in [0.05, 0.1) is 11.6 Å². The minimum Gasteiger partial charge on any atom is -0.192 e. The van der Waals surface area contributed by atoms with Crippen LogP contribution in [0.1, 0.15) is 99.3 Å². The number of nitrogens with zero attached hydrogens (tertiary/aromatic N) is 1. The quantitative estimate of drug-likeness (QED) is 0.448. The molecule has 2 aliphatic carbocycles. The highest BCUT2D eigenvalue weighted by molar-refractivity contribution is 5.32. The fourth-order valence-corrected chi connectivity index (χ4v) is 6.27. The second-order valence-electron chi connectivity index (χ2n) is 10.2. The van der Waals surface area contributed by atoms with Crippen molar-refractivity contribution >= 4 is 0 Å². The van der Waals surface area contributed by atoms with E-state index in [0.717, 1.165) is 42.1 Å². The van der Waals surface area contributed by atoms with Crippen molar-refractivity contribution in [2.45, 2.75) is 89.9 Å². The van der Waals surface area contributed by atoms with Gasteiger partial charge < -0.3 is 0 Å². The Morgan fingerprint density at radius 2 is 1.23 bits per heavy atom. The first-order valence-electron chi connectivity index (χ1n) is 12.8. The first-order valence-corrected chi connectivity index (χ1v) is 12.8. The second-order valence-corrected chi connectivity index (χ2v) is 10.2. The van der Waals surface area contributed by atoms with Gasteiger partial charge in [-0.2, -0.15) is 5.26 Å². The summed E-state index contributed by atoms with van der Waals surface area (Å²) in [4.78, 5) is 0. The smallest absolute Gasteiger partial charge is 0.0991 e. The molecule has 0 unspecified atom stereocenters. The summed E-state index contributed by atoms with van der Waals surface area (Å²) < 4.78 is 0. The van der Waals surface area contributed by atoms with Crippen LogP contribution in [0.2, 0.25) is 0 Å². The van der Waals surface area contributed by atoms with E-state index in [1.54, 1.807) is 5.56 Å². The van der Waals surface area contributed by atoms with E-state index >= 15 is 0 Å². The average molecular weight is 414 g/mol. The third-order valence-corrected chi connectivity index (χ3v) is 8.26. The molecule has 0 radical (unpaired) electrons. The molecule has 1 nitrogen and oxygen atoms in total. The van der Waals surface area contributed by atoms with Crippen LogP contribution < -0.4 is 0 Å². The molecular formula is C30H39N. The molecule has 2 fully saturated rings. The van der Waals surface area contributed by atoms with Crippen LogP contribution in [0.3, 0.4) is 0 Å². The zero-order valence-electron chi connectivity index (χ0n) is 19.4. The standard InChI is InChI=1S/C30H39N/c1-2-3-23-10-14-27(15-11-23)29-18-20-30(21-19-29)28-16-12-25(13-17-28)5-4-24-6-8-26(22-31)9-7-24/h6-9,12-13,16-17,23,27,29-30H,2-5,10-11,14-15,18-21H2,1H3. The summed E-state index contributed by atoms with van der Waals surface area (Å²) in [5.41, 5.74) is 5.04. The fraction of sp³-hybridized carbons (Fsp3) is 0.567. The van der Waals surface area contributed by atoms with Gasteiger partial charge in [0.25, 0.3) is 0 Å². The van der Waals surface area contributed by atoms with E-state index in [1.807, 2.05) is 12.1 Å². The Kier molecular flexibility index (Phi) is 7.85. The molecule has 0 bridgehead atoms.